The predicted octanol–water partition coefficient (Wildman–Crippen LogP) is 2.73. The summed E-state index contributed by atoms with van der Waals surface area (Å²) in [5.74, 6) is 2.44. The van der Waals surface area contributed by atoms with Gasteiger partial charge in [0.05, 0.1) is 12.6 Å². The molecule has 1 aromatic heterocycles. The number of nitrogens with zero attached hydrogens (tertiary/aromatic N) is 4. The van der Waals surface area contributed by atoms with E-state index in [9.17, 15) is 0 Å². The highest BCUT2D eigenvalue weighted by Gasteiger charge is 2.35. The van der Waals surface area contributed by atoms with E-state index in [1.165, 1.54) is 12.0 Å². The number of hydrogen-bond acceptors (Lipinski definition) is 5. The number of aromatic nitrogens is 1. The van der Waals surface area contributed by atoms with Crippen LogP contribution in [0.5, 0.6) is 0 Å². The van der Waals surface area contributed by atoms with Crippen LogP contribution < -0.4 is 15.5 Å². The molecule has 3 rings (SSSR count). The van der Waals surface area contributed by atoms with Crippen molar-refractivity contribution in [1.82, 2.24) is 20.5 Å². The molecule has 174 valence electrons. The van der Waals surface area contributed by atoms with Crippen molar-refractivity contribution in [2.45, 2.75) is 53.2 Å². The number of rotatable bonds is 6. The number of pyridine rings is 1. The van der Waals surface area contributed by atoms with Gasteiger partial charge < -0.3 is 25.2 Å². The zero-order valence-electron chi connectivity index (χ0n) is 20.2. The van der Waals surface area contributed by atoms with Crippen LogP contribution >= 0.6 is 0 Å². The van der Waals surface area contributed by atoms with Gasteiger partial charge in [-0.1, -0.05) is 20.8 Å². The number of likely N-dealkylation sites (N-methyl/N-ethyl adjacent to an activating group) is 1. The summed E-state index contributed by atoms with van der Waals surface area (Å²) in [5.41, 5.74) is 1.34. The molecule has 1 aromatic rings. The third-order valence-corrected chi connectivity index (χ3v) is 6.23. The highest BCUT2D eigenvalue weighted by Crippen LogP contribution is 2.33. The minimum absolute atomic E-state index is 0.152. The molecule has 2 saturated heterocycles. The van der Waals surface area contributed by atoms with Gasteiger partial charge in [-0.15, -0.1) is 0 Å². The molecule has 0 amide bonds. The van der Waals surface area contributed by atoms with Gasteiger partial charge in [0.2, 0.25) is 0 Å². The molecular formula is C24H42N6O. The van der Waals surface area contributed by atoms with Crippen molar-refractivity contribution >= 4 is 11.8 Å². The lowest BCUT2D eigenvalue weighted by Gasteiger charge is -2.40. The van der Waals surface area contributed by atoms with Crippen LogP contribution in [0, 0.1) is 11.3 Å². The minimum atomic E-state index is 0.152. The van der Waals surface area contributed by atoms with Crippen LogP contribution in [0.4, 0.5) is 5.82 Å². The number of hydrogen-bond donors (Lipinski definition) is 2. The summed E-state index contributed by atoms with van der Waals surface area (Å²) in [6, 6.07) is 4.25. The van der Waals surface area contributed by atoms with Gasteiger partial charge in [0.25, 0.3) is 0 Å². The lowest BCUT2D eigenvalue weighted by molar-refractivity contribution is -0.0835. The molecule has 0 aromatic carbocycles. The molecule has 0 saturated carbocycles. The van der Waals surface area contributed by atoms with Crippen molar-refractivity contribution in [2.75, 3.05) is 57.8 Å². The summed E-state index contributed by atoms with van der Waals surface area (Å²) < 4.78 is 6.14. The number of ether oxygens (including phenoxy) is 1. The van der Waals surface area contributed by atoms with E-state index >= 15 is 0 Å². The number of aliphatic imine (C=N–C) groups is 1. The van der Waals surface area contributed by atoms with Gasteiger partial charge in [-0.25, -0.2) is 9.98 Å². The fourth-order valence-corrected chi connectivity index (χ4v) is 4.52. The SMILES string of the molecule is CCNC(=NCc1ccnc(N2CCN(C)CC2)c1)NCC1CCCOC1C(C)(C)C. The van der Waals surface area contributed by atoms with Crippen molar-refractivity contribution in [2.24, 2.45) is 16.3 Å². The first-order chi connectivity index (χ1) is 14.9. The van der Waals surface area contributed by atoms with Crippen LogP contribution in [0.25, 0.3) is 0 Å². The van der Waals surface area contributed by atoms with Crippen LogP contribution in [0.1, 0.15) is 46.1 Å². The molecule has 0 aliphatic carbocycles. The van der Waals surface area contributed by atoms with E-state index in [1.807, 2.05) is 6.20 Å². The van der Waals surface area contributed by atoms with E-state index < -0.39 is 0 Å². The second-order valence-corrected chi connectivity index (χ2v) is 9.95. The first kappa shape index (κ1) is 23.8. The third-order valence-electron chi connectivity index (χ3n) is 6.23. The largest absolute Gasteiger partial charge is 0.377 e. The number of guanidine groups is 1. The molecule has 3 heterocycles. The average molecular weight is 431 g/mol. The van der Waals surface area contributed by atoms with Crippen molar-refractivity contribution in [1.29, 1.82) is 0 Å². The standard InChI is InChI=1S/C24H42N6O/c1-6-25-23(28-18-20-8-7-15-31-22(20)24(2,3)4)27-17-19-9-10-26-21(16-19)30-13-11-29(5)12-14-30/h9-10,16,20,22H,6-8,11-15,17-18H2,1-5H3,(H2,25,27,28). The number of piperazine rings is 1. The Kier molecular flexibility index (Phi) is 8.55. The molecule has 2 atom stereocenters. The van der Waals surface area contributed by atoms with E-state index in [-0.39, 0.29) is 11.5 Å². The Morgan fingerprint density at radius 3 is 2.71 bits per heavy atom. The molecule has 31 heavy (non-hydrogen) atoms. The van der Waals surface area contributed by atoms with Crippen molar-refractivity contribution in [3.8, 4) is 0 Å². The molecule has 0 bridgehead atoms. The summed E-state index contributed by atoms with van der Waals surface area (Å²) in [6.07, 6.45) is 4.53. The molecule has 0 spiro atoms. The maximum absolute atomic E-state index is 6.14. The summed E-state index contributed by atoms with van der Waals surface area (Å²) in [7, 11) is 2.17. The summed E-state index contributed by atoms with van der Waals surface area (Å²) in [5, 5.41) is 6.97. The lowest BCUT2D eigenvalue weighted by atomic mass is 9.78. The minimum Gasteiger partial charge on any atom is -0.377 e. The Morgan fingerprint density at radius 1 is 1.23 bits per heavy atom. The molecule has 2 fully saturated rings. The smallest absolute Gasteiger partial charge is 0.191 e. The Bertz CT molecular complexity index is 708. The van der Waals surface area contributed by atoms with Gasteiger partial charge in [-0.05, 0) is 49.9 Å². The predicted molar refractivity (Wildman–Crippen MR) is 129 cm³/mol. The highest BCUT2D eigenvalue weighted by atomic mass is 16.5. The van der Waals surface area contributed by atoms with Gasteiger partial charge >= 0.3 is 0 Å². The van der Waals surface area contributed by atoms with E-state index in [0.29, 0.717) is 12.5 Å². The molecule has 7 heteroatoms. The van der Waals surface area contributed by atoms with Crippen LogP contribution in [0.15, 0.2) is 23.3 Å². The Balaban J connectivity index is 1.60. The Labute approximate surface area is 188 Å². The topological polar surface area (TPSA) is 65.0 Å². The monoisotopic (exact) mass is 430 g/mol. The van der Waals surface area contributed by atoms with Crippen molar-refractivity contribution in [3.05, 3.63) is 23.9 Å². The number of nitrogens with one attached hydrogen (secondary N) is 2. The normalized spacial score (nSPS) is 23.6. The maximum Gasteiger partial charge on any atom is 0.191 e. The fraction of sp³-hybridized carbons (Fsp3) is 0.750. The summed E-state index contributed by atoms with van der Waals surface area (Å²) in [4.78, 5) is 14.2. The quantitative estimate of drug-likeness (QED) is 0.534. The first-order valence-corrected chi connectivity index (χ1v) is 11.9. The van der Waals surface area contributed by atoms with Crippen molar-refractivity contribution < 1.29 is 4.74 Å². The highest BCUT2D eigenvalue weighted by molar-refractivity contribution is 5.79. The zero-order chi connectivity index (χ0) is 22.3. The van der Waals surface area contributed by atoms with Gasteiger partial charge in [0.15, 0.2) is 5.96 Å². The molecular weight excluding hydrogens is 388 g/mol. The molecule has 2 N–H and O–H groups in total. The van der Waals surface area contributed by atoms with Crippen LogP contribution in [-0.4, -0.2) is 74.9 Å². The zero-order valence-corrected chi connectivity index (χ0v) is 20.2. The van der Waals surface area contributed by atoms with E-state index in [0.717, 1.165) is 64.1 Å². The molecule has 2 aliphatic heterocycles. The molecule has 7 nitrogen and oxygen atoms in total. The van der Waals surface area contributed by atoms with Gasteiger partial charge in [0.1, 0.15) is 5.82 Å². The summed E-state index contributed by atoms with van der Waals surface area (Å²) >= 11 is 0. The van der Waals surface area contributed by atoms with Gasteiger partial charge in [-0.2, -0.15) is 0 Å². The second kappa shape index (κ2) is 11.1. The third kappa shape index (κ3) is 7.07. The second-order valence-electron chi connectivity index (χ2n) is 9.95. The maximum atomic E-state index is 6.14. The van der Waals surface area contributed by atoms with Crippen LogP contribution in [-0.2, 0) is 11.3 Å². The number of anilines is 1. The first-order valence-electron chi connectivity index (χ1n) is 11.9. The van der Waals surface area contributed by atoms with E-state index in [4.69, 9.17) is 9.73 Å². The lowest BCUT2D eigenvalue weighted by Crippen LogP contribution is -2.47. The van der Waals surface area contributed by atoms with Gasteiger partial charge in [0, 0.05) is 58.0 Å². The van der Waals surface area contributed by atoms with E-state index in [2.05, 4.69) is 72.3 Å². The molecule has 0 radical (unpaired) electrons. The Morgan fingerprint density at radius 2 is 2.00 bits per heavy atom. The molecule has 2 unspecified atom stereocenters. The van der Waals surface area contributed by atoms with Crippen molar-refractivity contribution in [3.63, 3.8) is 0 Å². The Hall–Kier alpha value is -1.86. The average Bonchev–Trinajstić information content (AvgIpc) is 2.76. The summed E-state index contributed by atoms with van der Waals surface area (Å²) in [6.45, 7) is 16.4. The van der Waals surface area contributed by atoms with Gasteiger partial charge in [-0.3, -0.25) is 0 Å². The van der Waals surface area contributed by atoms with E-state index in [1.54, 1.807) is 0 Å². The fourth-order valence-electron chi connectivity index (χ4n) is 4.52. The van der Waals surface area contributed by atoms with Crippen LogP contribution in [0.3, 0.4) is 0 Å². The van der Waals surface area contributed by atoms with Crippen LogP contribution in [0.2, 0.25) is 0 Å². The molecule has 2 aliphatic rings.